The number of hydrogen-bond acceptors (Lipinski definition) is 6. The Bertz CT molecular complexity index is 1290. The molecule has 168 valence electrons. The number of carbonyl (C=O) groups excluding carboxylic acids is 3. The molecular formula is C24H22N4O5. The topological polar surface area (TPSA) is 113 Å². The average Bonchev–Trinajstić information content (AvgIpc) is 3.47. The Balaban J connectivity index is 1.53. The molecular weight excluding hydrogens is 424 g/mol. The number of nitro benzene ring substituents is 1. The van der Waals surface area contributed by atoms with Crippen molar-refractivity contribution in [3.63, 3.8) is 0 Å². The Hall–Kier alpha value is -3.59. The molecule has 0 saturated carbocycles. The number of non-ortho nitro benzene ring substituents is 1. The van der Waals surface area contributed by atoms with Gasteiger partial charge in [-0.3, -0.25) is 29.4 Å². The molecule has 1 N–H and O–H groups in total. The van der Waals surface area contributed by atoms with Crippen LogP contribution < -0.4 is 10.2 Å². The molecule has 1 spiro atoms. The van der Waals surface area contributed by atoms with E-state index in [4.69, 9.17) is 0 Å². The second-order valence-corrected chi connectivity index (χ2v) is 9.42. The van der Waals surface area contributed by atoms with Crippen LogP contribution in [0.4, 0.5) is 17.1 Å². The maximum Gasteiger partial charge on any atom is 0.269 e. The number of carbonyl (C=O) groups is 3. The fourth-order valence-corrected chi connectivity index (χ4v) is 6.56. The smallest absolute Gasteiger partial charge is 0.269 e. The molecule has 0 unspecified atom stereocenters. The highest BCUT2D eigenvalue weighted by molar-refractivity contribution is 6.26. The van der Waals surface area contributed by atoms with Crippen molar-refractivity contribution in [2.24, 2.45) is 11.8 Å². The largest absolute Gasteiger partial charge is 0.324 e. The number of fused-ring (bicyclic) bond motifs is 7. The van der Waals surface area contributed by atoms with Crippen LogP contribution in [0.5, 0.6) is 0 Å². The first-order valence-electron chi connectivity index (χ1n) is 11.1. The Morgan fingerprint density at radius 1 is 1.09 bits per heavy atom. The second-order valence-electron chi connectivity index (χ2n) is 9.42. The zero-order valence-corrected chi connectivity index (χ0v) is 18.2. The van der Waals surface area contributed by atoms with Gasteiger partial charge in [0.25, 0.3) is 5.69 Å². The monoisotopic (exact) mass is 446 g/mol. The van der Waals surface area contributed by atoms with Gasteiger partial charge in [0.1, 0.15) is 5.54 Å². The van der Waals surface area contributed by atoms with E-state index in [2.05, 4.69) is 10.2 Å². The zero-order valence-electron chi connectivity index (χ0n) is 18.2. The van der Waals surface area contributed by atoms with E-state index in [1.54, 1.807) is 6.92 Å². The third kappa shape index (κ3) is 2.32. The first-order valence-corrected chi connectivity index (χ1v) is 11.1. The number of nitrogens with zero attached hydrogens (tertiary/aromatic N) is 3. The summed E-state index contributed by atoms with van der Waals surface area (Å²) in [4.78, 5) is 55.2. The first kappa shape index (κ1) is 20.0. The lowest BCUT2D eigenvalue weighted by Crippen LogP contribution is -2.54. The molecule has 3 amide bonds. The maximum atomic E-state index is 14.0. The van der Waals surface area contributed by atoms with Crippen LogP contribution in [-0.2, 0) is 19.9 Å². The molecule has 2 aromatic rings. The van der Waals surface area contributed by atoms with Gasteiger partial charge in [0, 0.05) is 29.4 Å². The van der Waals surface area contributed by atoms with Crippen molar-refractivity contribution in [3.05, 3.63) is 63.2 Å². The van der Waals surface area contributed by atoms with Gasteiger partial charge in [0.2, 0.25) is 17.7 Å². The lowest BCUT2D eigenvalue weighted by molar-refractivity contribution is -0.384. The van der Waals surface area contributed by atoms with E-state index < -0.39 is 28.2 Å². The van der Waals surface area contributed by atoms with E-state index in [0.717, 1.165) is 28.9 Å². The maximum absolute atomic E-state index is 14.0. The lowest BCUT2D eigenvalue weighted by Gasteiger charge is -2.36. The summed E-state index contributed by atoms with van der Waals surface area (Å²) in [5, 5.41) is 14.1. The molecule has 0 aliphatic carbocycles. The molecule has 4 heterocycles. The molecule has 0 radical (unpaired) electrons. The van der Waals surface area contributed by atoms with Crippen LogP contribution >= 0.6 is 0 Å². The van der Waals surface area contributed by atoms with Crippen molar-refractivity contribution in [1.29, 1.82) is 0 Å². The number of aryl methyl sites for hydroxylation is 2. The van der Waals surface area contributed by atoms with E-state index in [-0.39, 0.29) is 23.5 Å². The van der Waals surface area contributed by atoms with E-state index in [0.29, 0.717) is 23.5 Å². The van der Waals surface area contributed by atoms with E-state index in [1.807, 2.05) is 25.1 Å². The first-order chi connectivity index (χ1) is 15.8. The Morgan fingerprint density at radius 3 is 2.61 bits per heavy atom. The van der Waals surface area contributed by atoms with Crippen LogP contribution in [0, 0.1) is 35.8 Å². The van der Waals surface area contributed by atoms with Crippen LogP contribution in [-0.4, -0.2) is 40.1 Å². The predicted molar refractivity (Wildman–Crippen MR) is 119 cm³/mol. The Labute approximate surface area is 189 Å². The van der Waals surface area contributed by atoms with E-state index in [9.17, 15) is 24.5 Å². The van der Waals surface area contributed by atoms with Gasteiger partial charge in [-0.2, -0.15) is 0 Å². The van der Waals surface area contributed by atoms with Crippen molar-refractivity contribution in [1.82, 2.24) is 4.90 Å². The molecule has 2 aromatic carbocycles. The number of hydrogen-bond donors (Lipinski definition) is 1. The van der Waals surface area contributed by atoms with Crippen molar-refractivity contribution < 1.29 is 19.3 Å². The molecule has 9 heteroatoms. The zero-order chi connectivity index (χ0) is 23.2. The molecule has 3 saturated heterocycles. The van der Waals surface area contributed by atoms with Crippen molar-refractivity contribution >= 4 is 34.8 Å². The van der Waals surface area contributed by atoms with E-state index >= 15 is 0 Å². The van der Waals surface area contributed by atoms with Gasteiger partial charge >= 0.3 is 0 Å². The summed E-state index contributed by atoms with van der Waals surface area (Å²) >= 11 is 0. The van der Waals surface area contributed by atoms with E-state index in [1.165, 1.54) is 18.2 Å². The third-order valence-electron chi connectivity index (χ3n) is 7.78. The standard InChI is InChI=1S/C24H22N4O5/c1-12-5-7-16-15(10-12)24(23(31)25-16)20-19(18-4-3-9-26(18)24)21(29)27(22(20)30)17-8-6-14(28(32)33)11-13(17)2/h5-8,10-11,18-20H,3-4,9H2,1-2H3,(H,25,31)/t18-,19+,20-,24+/m0/s1. The normalized spacial score (nSPS) is 30.1. The minimum absolute atomic E-state index is 0.103. The fraction of sp³-hybridized carbons (Fsp3) is 0.375. The van der Waals surface area contributed by atoms with Gasteiger partial charge in [-0.05, 0) is 50.9 Å². The highest BCUT2D eigenvalue weighted by atomic mass is 16.6. The van der Waals surface area contributed by atoms with Crippen LogP contribution in [0.25, 0.3) is 0 Å². The molecule has 4 aliphatic heterocycles. The lowest BCUT2D eigenvalue weighted by atomic mass is 9.75. The summed E-state index contributed by atoms with van der Waals surface area (Å²) in [7, 11) is 0. The molecule has 0 aromatic heterocycles. The highest BCUT2D eigenvalue weighted by Crippen LogP contribution is 2.60. The molecule has 33 heavy (non-hydrogen) atoms. The van der Waals surface area contributed by atoms with Gasteiger partial charge in [-0.25, -0.2) is 4.90 Å². The molecule has 4 aliphatic rings. The summed E-state index contributed by atoms with van der Waals surface area (Å²) in [6, 6.07) is 9.64. The number of benzene rings is 2. The van der Waals surface area contributed by atoms with Crippen molar-refractivity contribution in [2.75, 3.05) is 16.8 Å². The third-order valence-corrected chi connectivity index (χ3v) is 7.78. The van der Waals surface area contributed by atoms with Crippen LogP contribution in [0.15, 0.2) is 36.4 Å². The van der Waals surface area contributed by atoms with Gasteiger partial charge in [-0.15, -0.1) is 0 Å². The highest BCUT2D eigenvalue weighted by Gasteiger charge is 2.74. The van der Waals surface area contributed by atoms with Gasteiger partial charge < -0.3 is 5.32 Å². The number of nitrogens with one attached hydrogen (secondary N) is 1. The number of rotatable bonds is 2. The summed E-state index contributed by atoms with van der Waals surface area (Å²) < 4.78 is 0. The predicted octanol–water partition coefficient (Wildman–Crippen LogP) is 2.64. The number of amides is 3. The van der Waals surface area contributed by atoms with Gasteiger partial charge in [0.05, 0.1) is 22.4 Å². The van der Waals surface area contributed by atoms with Gasteiger partial charge in [-0.1, -0.05) is 17.7 Å². The fourth-order valence-electron chi connectivity index (χ4n) is 6.56. The second kappa shape index (κ2) is 6.48. The SMILES string of the molecule is Cc1ccc2c(c1)[C@]1(C(=O)N2)[C@@H]2C(=O)N(c3ccc([N+](=O)[O-])cc3C)C(=O)[C@@H]2[C@@H]2CCCN21. The number of imide groups is 1. The summed E-state index contributed by atoms with van der Waals surface area (Å²) in [6.07, 6.45) is 1.59. The Morgan fingerprint density at radius 2 is 1.88 bits per heavy atom. The van der Waals surface area contributed by atoms with Crippen molar-refractivity contribution in [3.8, 4) is 0 Å². The number of anilines is 2. The average molecular weight is 446 g/mol. The quantitative estimate of drug-likeness (QED) is 0.431. The molecule has 0 bridgehead atoms. The molecule has 6 rings (SSSR count). The summed E-state index contributed by atoms with van der Waals surface area (Å²) in [5.74, 6) is -2.48. The number of nitro groups is 1. The molecule has 4 atom stereocenters. The van der Waals surface area contributed by atoms with Crippen molar-refractivity contribution in [2.45, 2.75) is 38.3 Å². The van der Waals surface area contributed by atoms with Gasteiger partial charge in [0.15, 0.2) is 0 Å². The minimum Gasteiger partial charge on any atom is -0.324 e. The summed E-state index contributed by atoms with van der Waals surface area (Å²) in [6.45, 7) is 4.24. The minimum atomic E-state index is -1.22. The van der Waals surface area contributed by atoms with Crippen LogP contribution in [0.1, 0.15) is 29.5 Å². The molecule has 3 fully saturated rings. The van der Waals surface area contributed by atoms with Crippen LogP contribution in [0.3, 0.4) is 0 Å². The summed E-state index contributed by atoms with van der Waals surface area (Å²) in [5.41, 5.74) is 1.90. The Kier molecular flexibility index (Phi) is 3.93. The molecule has 9 nitrogen and oxygen atoms in total. The van der Waals surface area contributed by atoms with Crippen LogP contribution in [0.2, 0.25) is 0 Å².